The predicted molar refractivity (Wildman–Crippen MR) is 103 cm³/mol. The third kappa shape index (κ3) is 2.71. The zero-order valence-electron chi connectivity index (χ0n) is 14.1. The lowest BCUT2D eigenvalue weighted by atomic mass is 10.1. The van der Waals surface area contributed by atoms with Crippen molar-refractivity contribution in [3.8, 4) is 0 Å². The summed E-state index contributed by atoms with van der Waals surface area (Å²) < 4.78 is 29.5. The highest BCUT2D eigenvalue weighted by molar-refractivity contribution is 7.90. The van der Waals surface area contributed by atoms with Gasteiger partial charge in [0.25, 0.3) is 10.0 Å². The molecule has 7 nitrogen and oxygen atoms in total. The summed E-state index contributed by atoms with van der Waals surface area (Å²) in [7, 11) is 0.0370. The number of nitrogens with zero attached hydrogens (tertiary/aromatic N) is 5. The highest BCUT2D eigenvalue weighted by Gasteiger charge is 2.29. The van der Waals surface area contributed by atoms with Crippen molar-refractivity contribution in [3.63, 3.8) is 0 Å². The molecule has 0 spiro atoms. The number of pyridine rings is 1. The summed E-state index contributed by atoms with van der Waals surface area (Å²) in [6.07, 6.45) is 7.27. The smallest absolute Gasteiger partial charge is 0.287 e. The van der Waals surface area contributed by atoms with Crippen molar-refractivity contribution in [1.82, 2.24) is 23.2 Å². The van der Waals surface area contributed by atoms with Crippen LogP contribution in [0.15, 0.2) is 41.3 Å². The molecule has 4 heterocycles. The molecule has 0 N–H and O–H groups in total. The van der Waals surface area contributed by atoms with Crippen molar-refractivity contribution >= 4 is 48.8 Å². The van der Waals surface area contributed by atoms with Gasteiger partial charge in [-0.1, -0.05) is 11.6 Å². The number of likely N-dealkylation sites (N-methyl/N-ethyl adjacent to an activating group) is 1. The summed E-state index contributed by atoms with van der Waals surface area (Å²) in [5, 5.41) is 2.58. The Morgan fingerprint density at radius 1 is 1.35 bits per heavy atom. The molecular formula is C16H16ClN5O2S2. The molecule has 0 radical (unpaired) electrons. The number of imidazole rings is 1. The minimum atomic E-state index is -3.93. The molecule has 0 amide bonds. The Morgan fingerprint density at radius 2 is 2.15 bits per heavy atom. The number of fused-ring (bicyclic) bond motifs is 2. The molecule has 0 fully saturated rings. The van der Waals surface area contributed by atoms with Gasteiger partial charge in [0.05, 0.1) is 11.7 Å². The molecule has 136 valence electrons. The number of aromatic nitrogens is 4. The normalized spacial score (nSPS) is 12.6. The Hall–Kier alpha value is -1.94. The van der Waals surface area contributed by atoms with Crippen LogP contribution in [0.2, 0.25) is 5.15 Å². The number of hydrogen-bond acceptors (Lipinski definition) is 6. The van der Waals surface area contributed by atoms with Gasteiger partial charge in [0.2, 0.25) is 5.03 Å². The lowest BCUT2D eigenvalue weighted by Gasteiger charge is -2.08. The van der Waals surface area contributed by atoms with Crippen LogP contribution in [0.1, 0.15) is 5.56 Å². The Kier molecular flexibility index (Phi) is 4.26. The minimum absolute atomic E-state index is 0.0302. The molecule has 10 heteroatoms. The largest absolute Gasteiger partial charge is 0.309 e. The van der Waals surface area contributed by atoms with Crippen LogP contribution in [0, 0.1) is 0 Å². The van der Waals surface area contributed by atoms with Crippen molar-refractivity contribution in [2.24, 2.45) is 0 Å². The topological polar surface area (TPSA) is 72.5 Å². The van der Waals surface area contributed by atoms with Gasteiger partial charge in [0, 0.05) is 35.9 Å². The van der Waals surface area contributed by atoms with Gasteiger partial charge in [-0.05, 0) is 32.1 Å². The third-order valence-corrected chi connectivity index (χ3v) is 7.00. The molecule has 26 heavy (non-hydrogen) atoms. The number of halogens is 1. The van der Waals surface area contributed by atoms with E-state index in [-0.39, 0.29) is 10.2 Å². The summed E-state index contributed by atoms with van der Waals surface area (Å²) in [5.41, 5.74) is 1.48. The summed E-state index contributed by atoms with van der Waals surface area (Å²) >= 11 is 7.49. The summed E-state index contributed by atoms with van der Waals surface area (Å²) in [5.74, 6) is 0. The maximum atomic E-state index is 13.4. The molecule has 0 aliphatic rings. The zero-order chi connectivity index (χ0) is 18.5. The SMILES string of the molecule is CN(C)CCc1cn(S(=O)(=O)c2c(Cl)nc3sccn23)c2cnccc12. The van der Waals surface area contributed by atoms with Crippen molar-refractivity contribution in [1.29, 1.82) is 0 Å². The van der Waals surface area contributed by atoms with Crippen LogP contribution < -0.4 is 0 Å². The van der Waals surface area contributed by atoms with Crippen molar-refractivity contribution in [2.75, 3.05) is 20.6 Å². The Morgan fingerprint density at radius 3 is 2.92 bits per heavy atom. The quantitative estimate of drug-likeness (QED) is 0.506. The van der Waals surface area contributed by atoms with E-state index in [0.29, 0.717) is 10.5 Å². The van der Waals surface area contributed by atoms with Gasteiger partial charge in [-0.2, -0.15) is 8.42 Å². The first-order valence-corrected chi connectivity index (χ1v) is 10.5. The van der Waals surface area contributed by atoms with Gasteiger partial charge in [0.1, 0.15) is 0 Å². The van der Waals surface area contributed by atoms with Gasteiger partial charge in [-0.3, -0.25) is 9.38 Å². The molecule has 0 aliphatic heterocycles. The second kappa shape index (κ2) is 6.34. The minimum Gasteiger partial charge on any atom is -0.309 e. The van der Waals surface area contributed by atoms with Crippen LogP contribution in [0.3, 0.4) is 0 Å². The Labute approximate surface area is 159 Å². The molecule has 0 aromatic carbocycles. The first-order valence-electron chi connectivity index (χ1n) is 7.85. The zero-order valence-corrected chi connectivity index (χ0v) is 16.5. The molecule has 0 saturated carbocycles. The highest BCUT2D eigenvalue weighted by Crippen LogP contribution is 2.30. The van der Waals surface area contributed by atoms with Gasteiger partial charge < -0.3 is 4.90 Å². The van der Waals surface area contributed by atoms with E-state index >= 15 is 0 Å². The average Bonchev–Trinajstić information content (AvgIpc) is 3.25. The van der Waals surface area contributed by atoms with E-state index < -0.39 is 10.0 Å². The van der Waals surface area contributed by atoms with E-state index in [2.05, 4.69) is 14.9 Å². The first-order chi connectivity index (χ1) is 12.4. The molecule has 4 rings (SSSR count). The monoisotopic (exact) mass is 409 g/mol. The maximum absolute atomic E-state index is 13.4. The third-order valence-electron chi connectivity index (χ3n) is 4.17. The molecule has 0 saturated heterocycles. The van der Waals surface area contributed by atoms with Crippen molar-refractivity contribution < 1.29 is 8.42 Å². The molecule has 4 aromatic heterocycles. The van der Waals surface area contributed by atoms with E-state index in [4.69, 9.17) is 11.6 Å². The second-order valence-electron chi connectivity index (χ2n) is 6.16. The summed E-state index contributed by atoms with van der Waals surface area (Å²) in [6, 6.07) is 1.84. The van der Waals surface area contributed by atoms with Crippen LogP contribution in [0.5, 0.6) is 0 Å². The van der Waals surface area contributed by atoms with E-state index in [1.165, 1.54) is 19.7 Å². The number of rotatable bonds is 5. The van der Waals surface area contributed by atoms with Crippen LogP contribution in [-0.4, -0.2) is 52.3 Å². The molecular weight excluding hydrogens is 394 g/mol. The summed E-state index contributed by atoms with van der Waals surface area (Å²) in [4.78, 5) is 10.8. The van der Waals surface area contributed by atoms with Crippen molar-refractivity contribution in [3.05, 3.63) is 47.0 Å². The van der Waals surface area contributed by atoms with Gasteiger partial charge in [0.15, 0.2) is 10.1 Å². The van der Waals surface area contributed by atoms with Crippen LogP contribution in [-0.2, 0) is 16.4 Å². The van der Waals surface area contributed by atoms with Gasteiger partial charge >= 0.3 is 0 Å². The van der Waals surface area contributed by atoms with Crippen LogP contribution in [0.4, 0.5) is 0 Å². The molecule has 4 aromatic rings. The molecule has 0 bridgehead atoms. The lowest BCUT2D eigenvalue weighted by molar-refractivity contribution is 0.414. The average molecular weight is 410 g/mol. The standard InChI is InChI=1S/C16H16ClN5O2S2/c1-20(2)6-4-11-10-22(13-9-18-5-3-12(11)13)26(23,24)15-14(17)19-16-21(15)7-8-25-16/h3,5,7-10H,4,6H2,1-2H3. The number of thiazole rings is 1. The summed E-state index contributed by atoms with van der Waals surface area (Å²) in [6.45, 7) is 0.809. The van der Waals surface area contributed by atoms with Crippen molar-refractivity contribution in [2.45, 2.75) is 11.4 Å². The fourth-order valence-electron chi connectivity index (χ4n) is 2.92. The van der Waals surface area contributed by atoms with Gasteiger partial charge in [-0.15, -0.1) is 11.3 Å². The lowest BCUT2D eigenvalue weighted by Crippen LogP contribution is -2.15. The van der Waals surface area contributed by atoms with E-state index in [9.17, 15) is 8.42 Å². The second-order valence-corrected chi connectivity index (χ2v) is 9.13. The van der Waals surface area contributed by atoms with Gasteiger partial charge in [-0.25, -0.2) is 8.96 Å². The first kappa shape index (κ1) is 17.5. The Bertz CT molecular complexity index is 1210. The predicted octanol–water partition coefficient (Wildman–Crippen LogP) is 2.74. The molecule has 0 unspecified atom stereocenters. The fraction of sp³-hybridized carbons (Fsp3) is 0.250. The van der Waals surface area contributed by atoms with E-state index in [1.54, 1.807) is 30.2 Å². The Balaban J connectivity index is 1.93. The molecule has 0 aliphatic carbocycles. The highest BCUT2D eigenvalue weighted by atomic mass is 35.5. The van der Waals surface area contributed by atoms with E-state index in [0.717, 1.165) is 23.9 Å². The van der Waals surface area contributed by atoms with Crippen LogP contribution >= 0.6 is 22.9 Å². The molecule has 0 atom stereocenters. The maximum Gasteiger partial charge on any atom is 0.287 e. The van der Waals surface area contributed by atoms with Crippen LogP contribution in [0.25, 0.3) is 15.9 Å². The number of hydrogen-bond donors (Lipinski definition) is 0. The van der Waals surface area contributed by atoms with E-state index in [1.807, 2.05) is 20.2 Å². The fourth-order valence-corrected chi connectivity index (χ4v) is 5.72.